The second kappa shape index (κ2) is 5.53. The first-order valence-corrected chi connectivity index (χ1v) is 6.46. The van der Waals surface area contributed by atoms with Crippen LogP contribution in [0.4, 0.5) is 0 Å². The minimum atomic E-state index is -0.215. The van der Waals surface area contributed by atoms with Crippen LogP contribution in [0.2, 0.25) is 0 Å². The molecule has 2 rings (SSSR count). The molecule has 0 spiro atoms. The Balaban J connectivity index is 2.29. The number of carbonyl (C=O) groups excluding carboxylic acids is 1. The number of rotatable bonds is 2. The maximum Gasteiger partial charge on any atom is 0.333 e. The van der Waals surface area contributed by atoms with Crippen LogP contribution < -0.4 is 0 Å². The predicted molar refractivity (Wildman–Crippen MR) is 70.1 cm³/mol. The van der Waals surface area contributed by atoms with Crippen molar-refractivity contribution in [3.8, 4) is 0 Å². The van der Waals surface area contributed by atoms with Crippen LogP contribution in [0.3, 0.4) is 0 Å². The molecule has 1 aliphatic heterocycles. The lowest BCUT2D eigenvalue weighted by molar-refractivity contribution is -0.138. The molecule has 0 N–H and O–H groups in total. The van der Waals surface area contributed by atoms with Crippen molar-refractivity contribution in [2.24, 2.45) is 5.92 Å². The topological polar surface area (TPSA) is 35.5 Å². The molecule has 0 unspecified atom stereocenters. The Morgan fingerprint density at radius 1 is 1.56 bits per heavy atom. The van der Waals surface area contributed by atoms with Crippen LogP contribution in [0, 0.1) is 5.92 Å². The van der Waals surface area contributed by atoms with Crippen molar-refractivity contribution in [1.29, 1.82) is 0 Å². The van der Waals surface area contributed by atoms with Gasteiger partial charge in [0.1, 0.15) is 0 Å². The number of esters is 1. The molecular formula is C15H20O3. The van der Waals surface area contributed by atoms with E-state index in [9.17, 15) is 4.79 Å². The Kier molecular flexibility index (Phi) is 4.02. The van der Waals surface area contributed by atoms with E-state index in [2.05, 4.69) is 12.7 Å². The average molecular weight is 248 g/mol. The summed E-state index contributed by atoms with van der Waals surface area (Å²) in [6, 6.07) is 0. The minimum absolute atomic E-state index is 0.215. The van der Waals surface area contributed by atoms with Gasteiger partial charge in [-0.2, -0.15) is 0 Å². The van der Waals surface area contributed by atoms with Gasteiger partial charge in [0.05, 0.1) is 19.8 Å². The highest BCUT2D eigenvalue weighted by molar-refractivity contribution is 5.89. The highest BCUT2D eigenvalue weighted by Crippen LogP contribution is 2.35. The van der Waals surface area contributed by atoms with E-state index in [0.29, 0.717) is 24.7 Å². The maximum absolute atomic E-state index is 11.8. The molecule has 0 amide bonds. The molecule has 1 aliphatic carbocycles. The molecule has 18 heavy (non-hydrogen) atoms. The molecule has 1 heterocycles. The van der Waals surface area contributed by atoms with Gasteiger partial charge < -0.3 is 9.47 Å². The van der Waals surface area contributed by atoms with Crippen LogP contribution in [0.15, 0.2) is 34.9 Å². The maximum atomic E-state index is 11.8. The zero-order valence-electron chi connectivity index (χ0n) is 11.1. The van der Waals surface area contributed by atoms with Gasteiger partial charge in [0.25, 0.3) is 0 Å². The molecule has 98 valence electrons. The summed E-state index contributed by atoms with van der Waals surface area (Å²) in [5.74, 6) is 0.129. The lowest BCUT2D eigenvalue weighted by Crippen LogP contribution is -2.07. The third-order valence-electron chi connectivity index (χ3n) is 3.63. The number of hydrogen-bond donors (Lipinski definition) is 0. The number of fused-ring (bicyclic) bond motifs is 1. The Hall–Kier alpha value is -1.35. The summed E-state index contributed by atoms with van der Waals surface area (Å²) in [5.41, 5.74) is 4.24. The van der Waals surface area contributed by atoms with E-state index in [1.165, 1.54) is 11.1 Å². The lowest BCUT2D eigenvalue weighted by Gasteiger charge is -2.09. The normalized spacial score (nSPS) is 26.2. The highest BCUT2D eigenvalue weighted by Gasteiger charge is 2.27. The molecule has 0 saturated carbocycles. The van der Waals surface area contributed by atoms with Gasteiger partial charge >= 0.3 is 5.97 Å². The molecule has 3 heteroatoms. The molecule has 0 aromatic rings. The summed E-state index contributed by atoms with van der Waals surface area (Å²) in [6.45, 7) is 9.60. The molecule has 2 aliphatic rings. The molecule has 1 saturated heterocycles. The Labute approximate surface area is 108 Å². The number of ether oxygens (including phenoxy) is 2. The highest BCUT2D eigenvalue weighted by atomic mass is 16.5. The minimum Gasteiger partial charge on any atom is -0.463 e. The summed E-state index contributed by atoms with van der Waals surface area (Å²) in [5, 5.41) is 0. The molecular weight excluding hydrogens is 228 g/mol. The third-order valence-corrected chi connectivity index (χ3v) is 3.63. The van der Waals surface area contributed by atoms with Gasteiger partial charge in [-0.05, 0) is 37.8 Å². The van der Waals surface area contributed by atoms with Crippen molar-refractivity contribution >= 4 is 5.97 Å². The Bertz CT molecular complexity index is 429. The second-order valence-corrected chi connectivity index (χ2v) is 4.82. The molecule has 1 atom stereocenters. The van der Waals surface area contributed by atoms with Gasteiger partial charge in [-0.15, -0.1) is 0 Å². The molecule has 0 radical (unpaired) electrons. The van der Waals surface area contributed by atoms with E-state index < -0.39 is 0 Å². The largest absolute Gasteiger partial charge is 0.463 e. The van der Waals surface area contributed by atoms with Crippen LogP contribution >= 0.6 is 0 Å². The van der Waals surface area contributed by atoms with Crippen LogP contribution in [0.5, 0.6) is 0 Å². The summed E-state index contributed by atoms with van der Waals surface area (Å²) in [6.07, 6.45) is 3.89. The van der Waals surface area contributed by atoms with Crippen molar-refractivity contribution in [2.75, 3.05) is 19.8 Å². The number of hydrogen-bond acceptors (Lipinski definition) is 3. The Morgan fingerprint density at radius 2 is 2.33 bits per heavy atom. The molecule has 3 nitrogen and oxygen atoms in total. The van der Waals surface area contributed by atoms with Gasteiger partial charge in [-0.25, -0.2) is 4.79 Å². The van der Waals surface area contributed by atoms with Crippen LogP contribution in [0.1, 0.15) is 26.7 Å². The van der Waals surface area contributed by atoms with Crippen LogP contribution in [-0.2, 0) is 14.3 Å². The van der Waals surface area contributed by atoms with Gasteiger partial charge in [-0.1, -0.05) is 18.2 Å². The predicted octanol–water partition coefficient (Wildman–Crippen LogP) is 2.79. The van der Waals surface area contributed by atoms with E-state index >= 15 is 0 Å². The fourth-order valence-corrected chi connectivity index (χ4v) is 2.46. The van der Waals surface area contributed by atoms with Gasteiger partial charge in [0, 0.05) is 11.5 Å². The first-order chi connectivity index (χ1) is 8.63. The quantitative estimate of drug-likeness (QED) is 0.428. The van der Waals surface area contributed by atoms with E-state index in [-0.39, 0.29) is 5.97 Å². The van der Waals surface area contributed by atoms with Crippen LogP contribution in [-0.4, -0.2) is 25.8 Å². The number of allylic oxidation sites excluding steroid dienone is 2. The van der Waals surface area contributed by atoms with E-state index in [4.69, 9.17) is 9.47 Å². The summed E-state index contributed by atoms with van der Waals surface area (Å²) >= 11 is 0. The first-order valence-electron chi connectivity index (χ1n) is 6.46. The molecule has 0 aromatic carbocycles. The Morgan fingerprint density at radius 3 is 3.06 bits per heavy atom. The summed E-state index contributed by atoms with van der Waals surface area (Å²) in [4.78, 5) is 11.8. The zero-order valence-corrected chi connectivity index (χ0v) is 11.1. The van der Waals surface area contributed by atoms with Gasteiger partial charge in [0.2, 0.25) is 0 Å². The van der Waals surface area contributed by atoms with Crippen molar-refractivity contribution in [2.45, 2.75) is 26.7 Å². The monoisotopic (exact) mass is 248 g/mol. The third kappa shape index (κ3) is 2.56. The van der Waals surface area contributed by atoms with E-state index in [0.717, 1.165) is 25.0 Å². The lowest BCUT2D eigenvalue weighted by atomic mass is 9.94. The average Bonchev–Trinajstić information content (AvgIpc) is 2.76. The number of carbonyl (C=O) groups is 1. The summed E-state index contributed by atoms with van der Waals surface area (Å²) in [7, 11) is 0. The van der Waals surface area contributed by atoms with E-state index in [1.807, 2.05) is 13.8 Å². The smallest absolute Gasteiger partial charge is 0.333 e. The second-order valence-electron chi connectivity index (χ2n) is 4.82. The fourth-order valence-electron chi connectivity index (χ4n) is 2.46. The van der Waals surface area contributed by atoms with Gasteiger partial charge in [0.15, 0.2) is 0 Å². The summed E-state index contributed by atoms with van der Waals surface area (Å²) < 4.78 is 10.5. The SMILES string of the molecule is C=C1CC/C(=C(\C)C(=O)OCC)C=C2COC[C@H]12. The first kappa shape index (κ1) is 13.1. The zero-order chi connectivity index (χ0) is 13.1. The van der Waals surface area contributed by atoms with Crippen molar-refractivity contribution in [3.05, 3.63) is 34.9 Å². The van der Waals surface area contributed by atoms with Crippen LogP contribution in [0.25, 0.3) is 0 Å². The van der Waals surface area contributed by atoms with Crippen molar-refractivity contribution < 1.29 is 14.3 Å². The van der Waals surface area contributed by atoms with Gasteiger partial charge in [-0.3, -0.25) is 0 Å². The van der Waals surface area contributed by atoms with Crippen molar-refractivity contribution in [3.63, 3.8) is 0 Å². The molecule has 0 bridgehead atoms. The molecule has 0 aromatic heterocycles. The molecule has 1 fully saturated rings. The standard InChI is InChI=1S/C15H20O3/c1-4-18-15(16)11(3)12-6-5-10(2)14-9-17-8-13(14)7-12/h7,14H,2,4-6,8-9H2,1,3H3/b12-11-/t14-/m1/s1. The fraction of sp³-hybridized carbons (Fsp3) is 0.533. The van der Waals surface area contributed by atoms with Crippen molar-refractivity contribution in [1.82, 2.24) is 0 Å². The van der Waals surface area contributed by atoms with E-state index in [1.54, 1.807) is 0 Å².